The van der Waals surface area contributed by atoms with Gasteiger partial charge in [0.15, 0.2) is 0 Å². The fourth-order valence-electron chi connectivity index (χ4n) is 2.84. The Kier molecular flexibility index (Phi) is 6.75. The zero-order valence-corrected chi connectivity index (χ0v) is 16.3. The molecular formula is C18H23ClN2O4S. The van der Waals surface area contributed by atoms with Crippen LogP contribution in [0.3, 0.4) is 0 Å². The van der Waals surface area contributed by atoms with Gasteiger partial charge in [0.05, 0.1) is 18.5 Å². The van der Waals surface area contributed by atoms with Crippen LogP contribution in [0.25, 0.3) is 0 Å². The highest BCUT2D eigenvalue weighted by molar-refractivity contribution is 7.93. The SMILES string of the molecule is CNCCCC1Oc2cc(OC)ccc2N(c2ccccc2)S1(=O)=O.Cl. The molecular weight excluding hydrogens is 376 g/mol. The molecule has 3 rings (SSSR count). The first-order chi connectivity index (χ1) is 12.1. The van der Waals surface area contributed by atoms with E-state index in [1.807, 2.05) is 25.2 Å². The van der Waals surface area contributed by atoms with Gasteiger partial charge in [-0.1, -0.05) is 18.2 Å². The predicted octanol–water partition coefficient (Wildman–Crippen LogP) is 3.30. The Morgan fingerprint density at radius 3 is 2.58 bits per heavy atom. The highest BCUT2D eigenvalue weighted by Gasteiger charge is 2.41. The molecule has 0 aliphatic carbocycles. The second kappa shape index (κ2) is 8.62. The molecule has 0 saturated heterocycles. The van der Waals surface area contributed by atoms with Crippen LogP contribution in [-0.2, 0) is 10.0 Å². The van der Waals surface area contributed by atoms with E-state index in [1.54, 1.807) is 37.4 Å². The Labute approximate surface area is 160 Å². The molecule has 2 aromatic carbocycles. The maximum absolute atomic E-state index is 13.2. The van der Waals surface area contributed by atoms with Crippen LogP contribution in [-0.4, -0.2) is 34.6 Å². The number of anilines is 2. The summed E-state index contributed by atoms with van der Waals surface area (Å²) in [5, 5.41) is 3.03. The summed E-state index contributed by atoms with van der Waals surface area (Å²) < 4.78 is 38.8. The topological polar surface area (TPSA) is 67.9 Å². The van der Waals surface area contributed by atoms with Gasteiger partial charge < -0.3 is 14.8 Å². The Bertz CT molecular complexity index is 830. The van der Waals surface area contributed by atoms with Gasteiger partial charge in [0.1, 0.15) is 11.5 Å². The lowest BCUT2D eigenvalue weighted by Gasteiger charge is -2.35. The number of methoxy groups -OCH3 is 1. The molecule has 0 radical (unpaired) electrons. The zero-order valence-electron chi connectivity index (χ0n) is 14.7. The summed E-state index contributed by atoms with van der Waals surface area (Å²) in [5.74, 6) is 1.13. The minimum absolute atomic E-state index is 0. The predicted molar refractivity (Wildman–Crippen MR) is 105 cm³/mol. The van der Waals surface area contributed by atoms with E-state index in [2.05, 4.69) is 5.32 Å². The molecule has 1 atom stereocenters. The Morgan fingerprint density at radius 2 is 1.92 bits per heavy atom. The van der Waals surface area contributed by atoms with Crippen LogP contribution < -0.4 is 19.1 Å². The molecule has 1 aliphatic rings. The van der Waals surface area contributed by atoms with Crippen LogP contribution in [0, 0.1) is 0 Å². The van der Waals surface area contributed by atoms with Crippen molar-refractivity contribution in [1.82, 2.24) is 5.32 Å². The van der Waals surface area contributed by atoms with Crippen molar-refractivity contribution in [2.45, 2.75) is 18.3 Å². The van der Waals surface area contributed by atoms with Crippen molar-refractivity contribution in [2.24, 2.45) is 0 Å². The number of para-hydroxylation sites is 1. The number of halogens is 1. The molecule has 0 spiro atoms. The van der Waals surface area contributed by atoms with Crippen molar-refractivity contribution in [3.63, 3.8) is 0 Å². The number of hydrogen-bond acceptors (Lipinski definition) is 5. The molecule has 142 valence electrons. The van der Waals surface area contributed by atoms with Gasteiger partial charge in [-0.2, -0.15) is 0 Å². The summed E-state index contributed by atoms with van der Waals surface area (Å²) in [4.78, 5) is 0. The van der Waals surface area contributed by atoms with Crippen molar-refractivity contribution in [1.29, 1.82) is 0 Å². The summed E-state index contributed by atoms with van der Waals surface area (Å²) in [5.41, 5.74) is 0.161. The van der Waals surface area contributed by atoms with E-state index in [0.717, 1.165) is 6.54 Å². The lowest BCUT2D eigenvalue weighted by molar-refractivity contribution is 0.253. The highest BCUT2D eigenvalue weighted by atomic mass is 35.5. The smallest absolute Gasteiger partial charge is 0.277 e. The van der Waals surface area contributed by atoms with Gasteiger partial charge in [0.25, 0.3) is 10.0 Å². The quantitative estimate of drug-likeness (QED) is 0.756. The van der Waals surface area contributed by atoms with E-state index < -0.39 is 15.5 Å². The average Bonchev–Trinajstić information content (AvgIpc) is 2.62. The molecule has 8 heteroatoms. The molecule has 1 aliphatic heterocycles. The number of nitrogens with zero attached hydrogens (tertiary/aromatic N) is 1. The summed E-state index contributed by atoms with van der Waals surface area (Å²) in [6.45, 7) is 0.728. The number of ether oxygens (including phenoxy) is 2. The summed E-state index contributed by atoms with van der Waals surface area (Å²) >= 11 is 0. The Balaban J connectivity index is 0.00000243. The lowest BCUT2D eigenvalue weighted by Crippen LogP contribution is -2.43. The van der Waals surface area contributed by atoms with Crippen LogP contribution in [0.2, 0.25) is 0 Å². The van der Waals surface area contributed by atoms with Gasteiger partial charge in [-0.25, -0.2) is 12.7 Å². The third-order valence-electron chi connectivity index (χ3n) is 4.09. The maximum Gasteiger partial charge on any atom is 0.277 e. The van der Waals surface area contributed by atoms with Gasteiger partial charge in [0.2, 0.25) is 5.44 Å². The van der Waals surface area contributed by atoms with Crippen molar-refractivity contribution < 1.29 is 17.9 Å². The average molecular weight is 399 g/mol. The molecule has 0 saturated carbocycles. The fourth-order valence-corrected chi connectivity index (χ4v) is 4.61. The van der Waals surface area contributed by atoms with Crippen molar-refractivity contribution >= 4 is 33.8 Å². The van der Waals surface area contributed by atoms with E-state index in [4.69, 9.17) is 9.47 Å². The molecule has 0 amide bonds. The minimum Gasteiger partial charge on any atom is -0.497 e. The van der Waals surface area contributed by atoms with Crippen LogP contribution in [0.5, 0.6) is 11.5 Å². The molecule has 1 N–H and O–H groups in total. The van der Waals surface area contributed by atoms with Crippen molar-refractivity contribution in [3.8, 4) is 11.5 Å². The summed E-state index contributed by atoms with van der Waals surface area (Å²) in [7, 11) is -0.278. The fraction of sp³-hybridized carbons (Fsp3) is 0.333. The molecule has 1 unspecified atom stereocenters. The molecule has 0 bridgehead atoms. The number of hydrogen-bond donors (Lipinski definition) is 1. The molecule has 2 aromatic rings. The first-order valence-corrected chi connectivity index (χ1v) is 9.66. The summed E-state index contributed by atoms with van der Waals surface area (Å²) in [6, 6.07) is 14.2. The van der Waals surface area contributed by atoms with Crippen LogP contribution >= 0.6 is 12.4 Å². The van der Waals surface area contributed by atoms with Crippen molar-refractivity contribution in [2.75, 3.05) is 25.0 Å². The molecule has 6 nitrogen and oxygen atoms in total. The highest BCUT2D eigenvalue weighted by Crippen LogP contribution is 2.44. The summed E-state index contributed by atoms with van der Waals surface area (Å²) in [6.07, 6.45) is 1.10. The minimum atomic E-state index is -3.69. The first-order valence-electron chi connectivity index (χ1n) is 8.16. The van der Waals surface area contributed by atoms with Gasteiger partial charge in [-0.15, -0.1) is 12.4 Å². The van der Waals surface area contributed by atoms with Crippen LogP contribution in [0.1, 0.15) is 12.8 Å². The van der Waals surface area contributed by atoms with E-state index in [-0.39, 0.29) is 12.4 Å². The Morgan fingerprint density at radius 1 is 1.19 bits per heavy atom. The maximum atomic E-state index is 13.2. The standard InChI is InChI=1S/C18H22N2O4S.ClH/c1-19-12-6-9-18-24-17-13-15(23-2)10-11-16(17)20(25(18,21)22)14-7-4-3-5-8-14;/h3-5,7-8,10-11,13,18-19H,6,9,12H2,1-2H3;1H. The monoisotopic (exact) mass is 398 g/mol. The number of rotatable bonds is 6. The Hall–Kier alpha value is -1.96. The van der Waals surface area contributed by atoms with Gasteiger partial charge in [-0.05, 0) is 44.3 Å². The van der Waals surface area contributed by atoms with Crippen LogP contribution in [0.4, 0.5) is 11.4 Å². The van der Waals surface area contributed by atoms with Crippen LogP contribution in [0.15, 0.2) is 48.5 Å². The molecule has 1 heterocycles. The third kappa shape index (κ3) is 3.90. The van der Waals surface area contributed by atoms with Crippen molar-refractivity contribution in [3.05, 3.63) is 48.5 Å². The zero-order chi connectivity index (χ0) is 17.9. The number of nitrogens with one attached hydrogen (secondary N) is 1. The van der Waals surface area contributed by atoms with E-state index in [1.165, 1.54) is 4.31 Å². The number of benzene rings is 2. The normalized spacial score (nSPS) is 17.6. The third-order valence-corrected chi connectivity index (χ3v) is 6.00. The molecule has 0 fully saturated rings. The molecule has 0 aromatic heterocycles. The number of sulfonamides is 1. The van der Waals surface area contributed by atoms with E-state index in [9.17, 15) is 8.42 Å². The van der Waals surface area contributed by atoms with Gasteiger partial charge in [-0.3, -0.25) is 0 Å². The van der Waals surface area contributed by atoms with E-state index in [0.29, 0.717) is 35.7 Å². The second-order valence-corrected chi connectivity index (χ2v) is 7.69. The van der Waals surface area contributed by atoms with Gasteiger partial charge in [0, 0.05) is 12.5 Å². The largest absolute Gasteiger partial charge is 0.497 e. The second-order valence-electron chi connectivity index (χ2n) is 5.77. The molecule has 26 heavy (non-hydrogen) atoms. The number of fused-ring (bicyclic) bond motifs is 1. The van der Waals surface area contributed by atoms with E-state index >= 15 is 0 Å². The first kappa shape index (κ1) is 20.4. The van der Waals surface area contributed by atoms with Gasteiger partial charge >= 0.3 is 0 Å². The lowest BCUT2D eigenvalue weighted by atomic mass is 10.2.